The lowest BCUT2D eigenvalue weighted by molar-refractivity contribution is -0.0512. The molecule has 9 heteroatoms. The molecule has 0 saturated heterocycles. The highest BCUT2D eigenvalue weighted by atomic mass is 32.1. The summed E-state index contributed by atoms with van der Waals surface area (Å²) in [4.78, 5) is 18.6. The number of thiazole rings is 1. The predicted molar refractivity (Wildman–Crippen MR) is 111 cm³/mol. The third-order valence-electron chi connectivity index (χ3n) is 5.36. The average Bonchev–Trinajstić information content (AvgIpc) is 3.02. The van der Waals surface area contributed by atoms with Crippen LogP contribution in [0.2, 0.25) is 0 Å². The molecule has 0 fully saturated rings. The van der Waals surface area contributed by atoms with Gasteiger partial charge in [0.2, 0.25) is 5.72 Å². The Labute approximate surface area is 179 Å². The first kappa shape index (κ1) is 19.7. The van der Waals surface area contributed by atoms with Crippen LogP contribution in [0.3, 0.4) is 0 Å². The highest BCUT2D eigenvalue weighted by molar-refractivity contribution is 7.07. The number of para-hydroxylation sites is 1. The van der Waals surface area contributed by atoms with Crippen LogP contribution in [0.15, 0.2) is 52.3 Å². The number of hydrogen-bond donors (Lipinski definition) is 0. The zero-order valence-electron chi connectivity index (χ0n) is 16.7. The molecule has 0 saturated carbocycles. The minimum Gasteiger partial charge on any atom is -0.493 e. The molecule has 2 aliphatic rings. The smallest absolute Gasteiger partial charge is 0.387 e. The van der Waals surface area contributed by atoms with Gasteiger partial charge in [-0.05, 0) is 36.8 Å². The first-order valence-corrected chi connectivity index (χ1v) is 10.4. The van der Waals surface area contributed by atoms with Crippen molar-refractivity contribution in [3.8, 4) is 17.2 Å². The van der Waals surface area contributed by atoms with Gasteiger partial charge in [0, 0.05) is 12.0 Å². The van der Waals surface area contributed by atoms with Crippen molar-refractivity contribution in [3.05, 3.63) is 73.3 Å². The third kappa shape index (κ3) is 3.38. The summed E-state index contributed by atoms with van der Waals surface area (Å²) >= 11 is 1.27. The Balaban J connectivity index is 1.63. The van der Waals surface area contributed by atoms with E-state index in [9.17, 15) is 13.6 Å². The van der Waals surface area contributed by atoms with Crippen LogP contribution in [0.5, 0.6) is 17.2 Å². The van der Waals surface area contributed by atoms with Crippen LogP contribution >= 0.6 is 11.3 Å². The molecule has 0 N–H and O–H groups in total. The molecule has 2 aromatic carbocycles. The van der Waals surface area contributed by atoms with Gasteiger partial charge in [-0.2, -0.15) is 8.78 Å². The number of ether oxygens (including phenoxy) is 3. The second kappa shape index (κ2) is 7.19. The highest BCUT2D eigenvalue weighted by Crippen LogP contribution is 2.42. The lowest BCUT2D eigenvalue weighted by atomic mass is 9.93. The molecule has 3 heterocycles. The minimum absolute atomic E-state index is 0.0673. The van der Waals surface area contributed by atoms with Gasteiger partial charge in [-0.3, -0.25) is 9.36 Å². The Morgan fingerprint density at radius 2 is 2.10 bits per heavy atom. The second-order valence-electron chi connectivity index (χ2n) is 7.50. The van der Waals surface area contributed by atoms with E-state index in [-0.39, 0.29) is 23.1 Å². The highest BCUT2D eigenvalue weighted by Gasteiger charge is 2.42. The Hall–Kier alpha value is -3.20. The summed E-state index contributed by atoms with van der Waals surface area (Å²) in [6.07, 6.45) is 2.27. The predicted octanol–water partition coefficient (Wildman–Crippen LogP) is 3.07. The molecule has 2 aliphatic heterocycles. The maximum Gasteiger partial charge on any atom is 0.387 e. The zero-order valence-corrected chi connectivity index (χ0v) is 17.5. The van der Waals surface area contributed by atoms with Crippen LogP contribution in [0, 0.1) is 0 Å². The van der Waals surface area contributed by atoms with Crippen LogP contribution in [0.4, 0.5) is 8.78 Å². The number of hydrogen-bond acceptors (Lipinski definition) is 6. The number of methoxy groups -OCH3 is 1. The first-order chi connectivity index (χ1) is 14.9. The van der Waals surface area contributed by atoms with E-state index in [0.717, 1.165) is 11.3 Å². The van der Waals surface area contributed by atoms with Crippen molar-refractivity contribution in [2.24, 2.45) is 4.99 Å². The number of benzene rings is 2. The van der Waals surface area contributed by atoms with Crippen molar-refractivity contribution in [2.45, 2.75) is 31.7 Å². The van der Waals surface area contributed by atoms with Gasteiger partial charge in [-0.15, -0.1) is 0 Å². The molecule has 31 heavy (non-hydrogen) atoms. The normalized spacial score (nSPS) is 21.7. The third-order valence-corrected chi connectivity index (χ3v) is 6.35. The summed E-state index contributed by atoms with van der Waals surface area (Å²) in [6.45, 7) is -1.04. The van der Waals surface area contributed by atoms with Crippen molar-refractivity contribution in [3.63, 3.8) is 0 Å². The van der Waals surface area contributed by atoms with E-state index < -0.39 is 12.3 Å². The first-order valence-electron chi connectivity index (χ1n) is 9.61. The molecular formula is C22H18F2N2O4S. The van der Waals surface area contributed by atoms with Gasteiger partial charge in [-0.1, -0.05) is 35.6 Å². The fourth-order valence-electron chi connectivity index (χ4n) is 4.06. The van der Waals surface area contributed by atoms with Crippen molar-refractivity contribution < 1.29 is 23.0 Å². The summed E-state index contributed by atoms with van der Waals surface area (Å²) in [5, 5.41) is 0. The molecule has 0 spiro atoms. The van der Waals surface area contributed by atoms with E-state index in [0.29, 0.717) is 21.3 Å². The maximum absolute atomic E-state index is 13.3. The van der Waals surface area contributed by atoms with E-state index >= 15 is 0 Å². The number of aromatic nitrogens is 1. The summed E-state index contributed by atoms with van der Waals surface area (Å²) in [6, 6.07) is 12.1. The summed E-state index contributed by atoms with van der Waals surface area (Å²) in [7, 11) is 1.37. The summed E-state index contributed by atoms with van der Waals surface area (Å²) < 4.78 is 43.0. The van der Waals surface area contributed by atoms with Crippen LogP contribution < -0.4 is 29.1 Å². The molecule has 2 atom stereocenters. The molecule has 3 aromatic rings. The van der Waals surface area contributed by atoms with Crippen LogP contribution in [-0.4, -0.2) is 24.0 Å². The van der Waals surface area contributed by atoms with Gasteiger partial charge in [0.25, 0.3) is 5.56 Å². The molecule has 0 aliphatic carbocycles. The molecule has 160 valence electrons. The van der Waals surface area contributed by atoms with Gasteiger partial charge in [-0.25, -0.2) is 4.99 Å². The standard InChI is InChI=1S/C22H18F2N2O4S/c1-22-11-14(13-5-3-4-6-15(13)30-22)26-19(27)18(31-21(26)25-22)10-12-7-8-16(29-20(23)24)17(9-12)28-2/h3-10,14,20H,11H2,1-2H3/b18-10+/t14-,22+/m0/s1. The lowest BCUT2D eigenvalue weighted by Gasteiger charge is -2.39. The fraction of sp³-hybridized carbons (Fsp3) is 0.273. The number of rotatable bonds is 4. The van der Waals surface area contributed by atoms with E-state index in [1.807, 2.05) is 31.2 Å². The molecule has 0 amide bonds. The van der Waals surface area contributed by atoms with Crippen molar-refractivity contribution in [1.82, 2.24) is 4.57 Å². The Morgan fingerprint density at radius 1 is 1.29 bits per heavy atom. The molecular weight excluding hydrogens is 426 g/mol. The Kier molecular flexibility index (Phi) is 4.58. The Morgan fingerprint density at radius 3 is 2.87 bits per heavy atom. The topological polar surface area (TPSA) is 62.1 Å². The maximum atomic E-state index is 13.3. The molecule has 0 radical (unpaired) electrons. The molecule has 0 unspecified atom stereocenters. The molecule has 1 aromatic heterocycles. The summed E-state index contributed by atoms with van der Waals surface area (Å²) in [5.74, 6) is 0.826. The number of halogens is 2. The van der Waals surface area contributed by atoms with Crippen LogP contribution in [0.25, 0.3) is 6.08 Å². The van der Waals surface area contributed by atoms with Gasteiger partial charge in [0.05, 0.1) is 17.7 Å². The van der Waals surface area contributed by atoms with Crippen LogP contribution in [0.1, 0.15) is 30.5 Å². The monoisotopic (exact) mass is 444 g/mol. The van der Waals surface area contributed by atoms with Gasteiger partial charge in [0.15, 0.2) is 16.3 Å². The Bertz CT molecular complexity index is 1350. The molecule has 5 rings (SSSR count). The van der Waals surface area contributed by atoms with Gasteiger partial charge < -0.3 is 14.2 Å². The van der Waals surface area contributed by atoms with E-state index in [4.69, 9.17) is 14.5 Å². The number of fused-ring (bicyclic) bond motifs is 6. The quantitative estimate of drug-likeness (QED) is 0.621. The van der Waals surface area contributed by atoms with Crippen LogP contribution in [-0.2, 0) is 0 Å². The average molecular weight is 444 g/mol. The van der Waals surface area contributed by atoms with Crippen molar-refractivity contribution in [2.75, 3.05) is 7.11 Å². The van der Waals surface area contributed by atoms with E-state index in [2.05, 4.69) is 4.74 Å². The number of alkyl halides is 2. The lowest BCUT2D eigenvalue weighted by Crippen LogP contribution is -2.49. The fourth-order valence-corrected chi connectivity index (χ4v) is 5.18. The molecule has 2 bridgehead atoms. The SMILES string of the molecule is COc1cc(/C=c2/sc3n(c2=O)[C@H]2C[C@](C)(N=3)Oc3ccccc32)ccc1OC(F)F. The summed E-state index contributed by atoms with van der Waals surface area (Å²) in [5.41, 5.74) is 0.697. The molecule has 6 nitrogen and oxygen atoms in total. The zero-order chi connectivity index (χ0) is 21.8. The van der Waals surface area contributed by atoms with E-state index in [1.165, 1.54) is 24.5 Å². The van der Waals surface area contributed by atoms with Gasteiger partial charge in [0.1, 0.15) is 5.75 Å². The van der Waals surface area contributed by atoms with E-state index in [1.54, 1.807) is 22.8 Å². The second-order valence-corrected chi connectivity index (χ2v) is 8.51. The largest absolute Gasteiger partial charge is 0.493 e. The van der Waals surface area contributed by atoms with Crippen molar-refractivity contribution in [1.29, 1.82) is 0 Å². The number of nitrogens with zero attached hydrogens (tertiary/aromatic N) is 2. The minimum atomic E-state index is -2.95. The van der Waals surface area contributed by atoms with Crippen molar-refractivity contribution >= 4 is 17.4 Å². The van der Waals surface area contributed by atoms with Gasteiger partial charge >= 0.3 is 6.61 Å².